The summed E-state index contributed by atoms with van der Waals surface area (Å²) in [4.78, 5) is 38.6. The summed E-state index contributed by atoms with van der Waals surface area (Å²) in [7, 11) is 0. The Morgan fingerprint density at radius 3 is 2.48 bits per heavy atom. The summed E-state index contributed by atoms with van der Waals surface area (Å²) in [6.45, 7) is 4.04. The van der Waals surface area contributed by atoms with Gasteiger partial charge in [-0.2, -0.15) is 0 Å². The molecular formula is C22H23ClN2O4. The molecule has 1 fully saturated rings. The summed E-state index contributed by atoms with van der Waals surface area (Å²) in [5, 5.41) is 3.34. The van der Waals surface area contributed by atoms with Gasteiger partial charge in [-0.15, -0.1) is 0 Å². The molecule has 0 radical (unpaired) electrons. The van der Waals surface area contributed by atoms with Crippen LogP contribution in [-0.2, 0) is 25.7 Å². The molecule has 2 aromatic carbocycles. The number of hydrogen-bond donors (Lipinski definition) is 1. The van der Waals surface area contributed by atoms with Gasteiger partial charge in [0.25, 0.3) is 5.91 Å². The van der Waals surface area contributed by atoms with E-state index in [4.69, 9.17) is 16.3 Å². The third kappa shape index (κ3) is 5.35. The monoisotopic (exact) mass is 414 g/mol. The van der Waals surface area contributed by atoms with Crippen molar-refractivity contribution in [2.24, 2.45) is 5.92 Å². The van der Waals surface area contributed by atoms with Crippen LogP contribution in [0.3, 0.4) is 0 Å². The Morgan fingerprint density at radius 2 is 1.83 bits per heavy atom. The van der Waals surface area contributed by atoms with Crippen LogP contribution < -0.4 is 10.2 Å². The van der Waals surface area contributed by atoms with Gasteiger partial charge in [0, 0.05) is 30.2 Å². The van der Waals surface area contributed by atoms with Crippen LogP contribution in [0.25, 0.3) is 0 Å². The number of aryl methyl sites for hydroxylation is 1. The molecule has 6 nitrogen and oxygen atoms in total. The number of esters is 1. The predicted molar refractivity (Wildman–Crippen MR) is 110 cm³/mol. The quantitative estimate of drug-likeness (QED) is 0.736. The van der Waals surface area contributed by atoms with Gasteiger partial charge in [0.2, 0.25) is 5.91 Å². The van der Waals surface area contributed by atoms with Crippen LogP contribution in [0, 0.1) is 12.8 Å². The highest BCUT2D eigenvalue weighted by Gasteiger charge is 2.37. The van der Waals surface area contributed by atoms with E-state index in [0.717, 1.165) is 16.8 Å². The molecule has 2 amide bonds. The fourth-order valence-corrected chi connectivity index (χ4v) is 3.22. The molecule has 2 aromatic rings. The molecule has 0 bridgehead atoms. The number of ether oxygens (including phenoxy) is 1. The Balaban J connectivity index is 1.51. The van der Waals surface area contributed by atoms with Crippen LogP contribution in [0.4, 0.5) is 5.69 Å². The number of amides is 2. The van der Waals surface area contributed by atoms with E-state index in [0.29, 0.717) is 11.6 Å². The molecule has 0 saturated carbocycles. The van der Waals surface area contributed by atoms with E-state index < -0.39 is 23.9 Å². The Kier molecular flexibility index (Phi) is 6.54. The second kappa shape index (κ2) is 9.09. The molecule has 0 aromatic heterocycles. The van der Waals surface area contributed by atoms with Crippen LogP contribution in [0.1, 0.15) is 24.5 Å². The molecule has 2 atom stereocenters. The smallest absolute Gasteiger partial charge is 0.312 e. The molecule has 1 heterocycles. The third-order valence-electron chi connectivity index (χ3n) is 4.85. The van der Waals surface area contributed by atoms with E-state index in [2.05, 4.69) is 5.32 Å². The number of halogens is 1. The van der Waals surface area contributed by atoms with Gasteiger partial charge in [0.15, 0.2) is 6.10 Å². The number of carbonyl (C=O) groups excluding carboxylic acids is 3. The Labute approximate surface area is 174 Å². The van der Waals surface area contributed by atoms with Crippen molar-refractivity contribution in [1.82, 2.24) is 5.32 Å². The van der Waals surface area contributed by atoms with Crippen molar-refractivity contribution in [2.75, 3.05) is 11.4 Å². The second-order valence-electron chi connectivity index (χ2n) is 7.16. The Bertz CT molecular complexity index is 896. The normalized spacial score (nSPS) is 17.1. The molecule has 1 aliphatic rings. The predicted octanol–water partition coefficient (Wildman–Crippen LogP) is 3.25. The largest absolute Gasteiger partial charge is 0.452 e. The van der Waals surface area contributed by atoms with Crippen LogP contribution in [0.15, 0.2) is 48.5 Å². The average molecular weight is 415 g/mol. The van der Waals surface area contributed by atoms with Gasteiger partial charge in [-0.3, -0.25) is 14.4 Å². The van der Waals surface area contributed by atoms with E-state index in [1.807, 2.05) is 43.3 Å². The number of benzene rings is 2. The average Bonchev–Trinajstić information content (AvgIpc) is 3.09. The lowest BCUT2D eigenvalue weighted by Gasteiger charge is -2.18. The van der Waals surface area contributed by atoms with Gasteiger partial charge in [0.05, 0.1) is 5.92 Å². The van der Waals surface area contributed by atoms with Crippen molar-refractivity contribution in [1.29, 1.82) is 0 Å². The summed E-state index contributed by atoms with van der Waals surface area (Å²) < 4.78 is 5.30. The number of nitrogens with one attached hydrogen (secondary N) is 1. The molecule has 29 heavy (non-hydrogen) atoms. The zero-order chi connectivity index (χ0) is 21.0. The number of hydrogen-bond acceptors (Lipinski definition) is 4. The highest BCUT2D eigenvalue weighted by molar-refractivity contribution is 6.30. The molecule has 0 unspecified atom stereocenters. The maximum atomic E-state index is 12.5. The van der Waals surface area contributed by atoms with Gasteiger partial charge in [0.1, 0.15) is 0 Å². The van der Waals surface area contributed by atoms with Crippen molar-refractivity contribution in [3.05, 3.63) is 64.7 Å². The van der Waals surface area contributed by atoms with Gasteiger partial charge in [-0.05, 0) is 43.7 Å². The highest BCUT2D eigenvalue weighted by atomic mass is 35.5. The minimum absolute atomic E-state index is 0.0752. The van der Waals surface area contributed by atoms with Gasteiger partial charge in [-0.25, -0.2) is 0 Å². The number of anilines is 1. The standard InChI is InChI=1S/C22H23ClN2O4/c1-14-3-9-19(10-4-14)25-13-17(11-20(25)26)22(28)29-15(2)21(27)24-12-16-5-7-18(23)8-6-16/h3-10,15,17H,11-13H2,1-2H3,(H,24,27)/t15-,17+/m1/s1. The van der Waals surface area contributed by atoms with Crippen LogP contribution in [0.2, 0.25) is 5.02 Å². The molecule has 1 aliphatic heterocycles. The lowest BCUT2D eigenvalue weighted by atomic mass is 10.1. The van der Waals surface area contributed by atoms with Crippen molar-refractivity contribution in [3.63, 3.8) is 0 Å². The van der Waals surface area contributed by atoms with Gasteiger partial charge < -0.3 is 15.0 Å². The minimum Gasteiger partial charge on any atom is -0.452 e. The minimum atomic E-state index is -0.946. The maximum Gasteiger partial charge on any atom is 0.312 e. The molecule has 7 heteroatoms. The van der Waals surface area contributed by atoms with E-state index >= 15 is 0 Å². The van der Waals surface area contributed by atoms with Crippen molar-refractivity contribution in [3.8, 4) is 0 Å². The van der Waals surface area contributed by atoms with Crippen LogP contribution in [0.5, 0.6) is 0 Å². The number of nitrogens with zero attached hydrogens (tertiary/aromatic N) is 1. The summed E-state index contributed by atoms with van der Waals surface area (Å²) in [6, 6.07) is 14.6. The first-order valence-electron chi connectivity index (χ1n) is 9.43. The molecular weight excluding hydrogens is 392 g/mol. The fourth-order valence-electron chi connectivity index (χ4n) is 3.10. The zero-order valence-electron chi connectivity index (χ0n) is 16.4. The SMILES string of the molecule is Cc1ccc(N2C[C@@H](C(=O)O[C@H](C)C(=O)NCc3ccc(Cl)cc3)CC2=O)cc1. The summed E-state index contributed by atoms with van der Waals surface area (Å²) in [5.41, 5.74) is 2.73. The lowest BCUT2D eigenvalue weighted by Crippen LogP contribution is -2.37. The van der Waals surface area contributed by atoms with Crippen molar-refractivity contribution >= 4 is 35.1 Å². The third-order valence-corrected chi connectivity index (χ3v) is 5.10. The van der Waals surface area contributed by atoms with Crippen molar-refractivity contribution in [2.45, 2.75) is 32.9 Å². The van der Waals surface area contributed by atoms with E-state index in [1.165, 1.54) is 6.92 Å². The van der Waals surface area contributed by atoms with Gasteiger partial charge in [-0.1, -0.05) is 41.4 Å². The molecule has 0 aliphatic carbocycles. The highest BCUT2D eigenvalue weighted by Crippen LogP contribution is 2.26. The Morgan fingerprint density at radius 1 is 1.17 bits per heavy atom. The maximum absolute atomic E-state index is 12.5. The van der Waals surface area contributed by atoms with Crippen LogP contribution in [-0.4, -0.2) is 30.4 Å². The van der Waals surface area contributed by atoms with Gasteiger partial charge >= 0.3 is 5.97 Å². The summed E-state index contributed by atoms with van der Waals surface area (Å²) in [6.07, 6.45) is -0.871. The summed E-state index contributed by atoms with van der Waals surface area (Å²) >= 11 is 5.84. The van der Waals surface area contributed by atoms with E-state index in [-0.39, 0.29) is 18.9 Å². The van der Waals surface area contributed by atoms with Crippen molar-refractivity contribution < 1.29 is 19.1 Å². The first-order chi connectivity index (χ1) is 13.8. The van der Waals surface area contributed by atoms with Crippen LogP contribution >= 0.6 is 11.6 Å². The topological polar surface area (TPSA) is 75.7 Å². The Hall–Kier alpha value is -2.86. The zero-order valence-corrected chi connectivity index (χ0v) is 17.1. The first-order valence-corrected chi connectivity index (χ1v) is 9.81. The second-order valence-corrected chi connectivity index (χ2v) is 7.60. The molecule has 3 rings (SSSR count). The van der Waals surface area contributed by atoms with E-state index in [9.17, 15) is 14.4 Å². The molecule has 1 saturated heterocycles. The number of rotatable bonds is 6. The number of carbonyl (C=O) groups is 3. The van der Waals surface area contributed by atoms with E-state index in [1.54, 1.807) is 17.0 Å². The molecule has 0 spiro atoms. The molecule has 152 valence electrons. The fraction of sp³-hybridized carbons (Fsp3) is 0.318. The lowest BCUT2D eigenvalue weighted by molar-refractivity contribution is -0.158. The molecule has 1 N–H and O–H groups in total. The summed E-state index contributed by atoms with van der Waals surface area (Å²) in [5.74, 6) is -1.65. The first kappa shape index (κ1) is 20.9.